The molecule has 2 heterocycles. The molecular weight excluding hydrogens is 224 g/mol. The summed E-state index contributed by atoms with van der Waals surface area (Å²) in [4.78, 5) is 19.8. The van der Waals surface area contributed by atoms with Crippen molar-refractivity contribution in [3.63, 3.8) is 0 Å². The average molecular weight is 234 g/mol. The lowest BCUT2D eigenvalue weighted by Crippen LogP contribution is -2.04. The predicted molar refractivity (Wildman–Crippen MR) is 58.4 cm³/mol. The van der Waals surface area contributed by atoms with Crippen LogP contribution in [0.2, 0.25) is 0 Å². The van der Waals surface area contributed by atoms with Crippen molar-refractivity contribution in [1.29, 1.82) is 0 Å². The van der Waals surface area contributed by atoms with Gasteiger partial charge in [-0.15, -0.1) is 0 Å². The molecular formula is C9H10N6O2. The maximum Gasteiger partial charge on any atom is 0.321 e. The van der Waals surface area contributed by atoms with Crippen LogP contribution in [0.1, 0.15) is 0 Å². The van der Waals surface area contributed by atoms with Crippen molar-refractivity contribution in [2.45, 2.75) is 0 Å². The number of methoxy groups -OCH3 is 2. The minimum atomic E-state index is 0.0413. The van der Waals surface area contributed by atoms with Gasteiger partial charge in [-0.05, 0) is 0 Å². The lowest BCUT2D eigenvalue weighted by Gasteiger charge is -2.05. The van der Waals surface area contributed by atoms with Gasteiger partial charge in [-0.3, -0.25) is 0 Å². The molecule has 0 bridgehead atoms. The molecule has 0 aliphatic carbocycles. The van der Waals surface area contributed by atoms with Crippen molar-refractivity contribution in [3.05, 3.63) is 12.4 Å². The number of anilines is 1. The molecule has 0 unspecified atom stereocenters. The van der Waals surface area contributed by atoms with E-state index in [-0.39, 0.29) is 17.8 Å². The molecule has 17 heavy (non-hydrogen) atoms. The fourth-order valence-corrected chi connectivity index (χ4v) is 1.20. The Bertz CT molecular complexity index is 533. The molecule has 0 amide bonds. The van der Waals surface area contributed by atoms with Crippen molar-refractivity contribution >= 4 is 5.95 Å². The SMILES string of the molecule is COc1nc(N)nc(-c2nccnc2OC)n1. The van der Waals surface area contributed by atoms with Crippen LogP contribution in [0.15, 0.2) is 12.4 Å². The Morgan fingerprint density at radius 3 is 2.47 bits per heavy atom. The third-order valence-corrected chi connectivity index (χ3v) is 1.88. The van der Waals surface area contributed by atoms with E-state index in [0.29, 0.717) is 11.6 Å². The summed E-state index contributed by atoms with van der Waals surface area (Å²) in [6, 6.07) is 0.111. The molecule has 0 saturated carbocycles. The van der Waals surface area contributed by atoms with Crippen molar-refractivity contribution in [1.82, 2.24) is 24.9 Å². The summed E-state index contributed by atoms with van der Waals surface area (Å²) in [5, 5.41) is 0. The lowest BCUT2D eigenvalue weighted by atomic mass is 10.4. The van der Waals surface area contributed by atoms with Crippen LogP contribution in [0.25, 0.3) is 11.5 Å². The molecule has 0 atom stereocenters. The zero-order valence-corrected chi connectivity index (χ0v) is 9.28. The lowest BCUT2D eigenvalue weighted by molar-refractivity contribution is 0.378. The monoisotopic (exact) mass is 234 g/mol. The number of nitrogen functional groups attached to an aromatic ring is 1. The molecule has 2 aromatic rings. The molecule has 2 N–H and O–H groups in total. The molecule has 88 valence electrons. The average Bonchev–Trinajstić information content (AvgIpc) is 2.37. The summed E-state index contributed by atoms with van der Waals surface area (Å²) in [7, 11) is 2.92. The van der Waals surface area contributed by atoms with E-state index in [4.69, 9.17) is 15.2 Å². The fourth-order valence-electron chi connectivity index (χ4n) is 1.20. The van der Waals surface area contributed by atoms with Crippen molar-refractivity contribution < 1.29 is 9.47 Å². The third kappa shape index (κ3) is 2.19. The number of nitrogens with zero attached hydrogens (tertiary/aromatic N) is 5. The Morgan fingerprint density at radius 2 is 1.76 bits per heavy atom. The van der Waals surface area contributed by atoms with Crippen LogP contribution >= 0.6 is 0 Å². The van der Waals surface area contributed by atoms with Gasteiger partial charge in [-0.2, -0.15) is 15.0 Å². The number of hydrogen-bond donors (Lipinski definition) is 1. The van der Waals surface area contributed by atoms with Crippen LogP contribution in [0, 0.1) is 0 Å². The number of hydrogen-bond acceptors (Lipinski definition) is 8. The van der Waals surface area contributed by atoms with Crippen LogP contribution in [-0.4, -0.2) is 39.1 Å². The Kier molecular flexibility index (Phi) is 2.95. The molecule has 0 aliphatic heterocycles. The van der Waals surface area contributed by atoms with Gasteiger partial charge in [0.1, 0.15) is 0 Å². The normalized spacial score (nSPS) is 10.0. The Hall–Kier alpha value is -2.51. The van der Waals surface area contributed by atoms with E-state index in [1.54, 1.807) is 0 Å². The largest absolute Gasteiger partial charge is 0.479 e. The second kappa shape index (κ2) is 4.56. The first-order valence-corrected chi connectivity index (χ1v) is 4.65. The molecule has 0 radical (unpaired) electrons. The maximum absolute atomic E-state index is 5.53. The van der Waals surface area contributed by atoms with Crippen LogP contribution < -0.4 is 15.2 Å². The summed E-state index contributed by atoms with van der Waals surface area (Å²) >= 11 is 0. The standard InChI is InChI=1S/C9H10N6O2/c1-16-7-5(11-3-4-12-7)6-13-8(10)15-9(14-6)17-2/h3-4H,1-2H3,(H2,10,13,14,15). The van der Waals surface area contributed by atoms with E-state index in [9.17, 15) is 0 Å². The predicted octanol–water partition coefficient (Wildman–Crippen LogP) is -0.0720. The van der Waals surface area contributed by atoms with E-state index in [0.717, 1.165) is 0 Å². The Labute approximate surface area is 96.9 Å². The number of ether oxygens (including phenoxy) is 2. The minimum Gasteiger partial charge on any atom is -0.479 e. The molecule has 2 rings (SSSR count). The summed E-state index contributed by atoms with van der Waals surface area (Å²) in [5.41, 5.74) is 5.91. The first-order valence-electron chi connectivity index (χ1n) is 4.65. The van der Waals surface area contributed by atoms with Crippen molar-refractivity contribution in [2.75, 3.05) is 20.0 Å². The smallest absolute Gasteiger partial charge is 0.321 e. The van der Waals surface area contributed by atoms with Crippen molar-refractivity contribution in [2.24, 2.45) is 0 Å². The van der Waals surface area contributed by atoms with Gasteiger partial charge in [-0.1, -0.05) is 0 Å². The highest BCUT2D eigenvalue weighted by Gasteiger charge is 2.14. The number of nitrogens with two attached hydrogens (primary N) is 1. The van der Waals surface area contributed by atoms with E-state index in [1.807, 2.05) is 0 Å². The van der Waals surface area contributed by atoms with E-state index in [1.165, 1.54) is 26.6 Å². The molecule has 0 aliphatic rings. The molecule has 8 heteroatoms. The maximum atomic E-state index is 5.53. The first-order chi connectivity index (χ1) is 8.24. The van der Waals surface area contributed by atoms with E-state index in [2.05, 4.69) is 24.9 Å². The fraction of sp³-hybridized carbons (Fsp3) is 0.222. The highest BCUT2D eigenvalue weighted by atomic mass is 16.5. The third-order valence-electron chi connectivity index (χ3n) is 1.88. The molecule has 8 nitrogen and oxygen atoms in total. The van der Waals surface area contributed by atoms with Gasteiger partial charge >= 0.3 is 6.01 Å². The van der Waals surface area contributed by atoms with Gasteiger partial charge in [0.15, 0.2) is 11.5 Å². The summed E-state index contributed by atoms with van der Waals surface area (Å²) in [6.07, 6.45) is 3.01. The van der Waals surface area contributed by atoms with Gasteiger partial charge < -0.3 is 15.2 Å². The molecule has 0 fully saturated rings. The highest BCUT2D eigenvalue weighted by molar-refractivity contribution is 5.56. The first kappa shape index (κ1) is 11.0. The number of aromatic nitrogens is 5. The zero-order chi connectivity index (χ0) is 12.3. The Morgan fingerprint density at radius 1 is 1.00 bits per heavy atom. The van der Waals surface area contributed by atoms with Crippen LogP contribution in [0.3, 0.4) is 0 Å². The van der Waals surface area contributed by atoms with E-state index >= 15 is 0 Å². The molecule has 0 spiro atoms. The topological polar surface area (TPSA) is 109 Å². The summed E-state index contributed by atoms with van der Waals surface area (Å²) in [6.45, 7) is 0. The summed E-state index contributed by atoms with van der Waals surface area (Å²) < 4.78 is 9.96. The highest BCUT2D eigenvalue weighted by Crippen LogP contribution is 2.22. The van der Waals surface area contributed by atoms with Crippen LogP contribution in [-0.2, 0) is 0 Å². The molecule has 0 aromatic carbocycles. The molecule has 0 saturated heterocycles. The molecule has 2 aromatic heterocycles. The quantitative estimate of drug-likeness (QED) is 0.785. The zero-order valence-electron chi connectivity index (χ0n) is 9.28. The Balaban J connectivity index is 2.55. The second-order valence-electron chi connectivity index (χ2n) is 2.92. The van der Waals surface area contributed by atoms with Crippen LogP contribution in [0.5, 0.6) is 11.9 Å². The van der Waals surface area contributed by atoms with Crippen molar-refractivity contribution in [3.8, 4) is 23.4 Å². The number of rotatable bonds is 3. The summed E-state index contributed by atoms with van der Waals surface area (Å²) in [5.74, 6) is 0.596. The van der Waals surface area contributed by atoms with Gasteiger partial charge in [-0.25, -0.2) is 9.97 Å². The minimum absolute atomic E-state index is 0.0413. The van der Waals surface area contributed by atoms with Gasteiger partial charge in [0.25, 0.3) is 0 Å². The van der Waals surface area contributed by atoms with Gasteiger partial charge in [0.2, 0.25) is 11.8 Å². The van der Waals surface area contributed by atoms with Gasteiger partial charge in [0, 0.05) is 12.4 Å². The van der Waals surface area contributed by atoms with E-state index < -0.39 is 0 Å². The van der Waals surface area contributed by atoms with Crippen LogP contribution in [0.4, 0.5) is 5.95 Å². The van der Waals surface area contributed by atoms with Gasteiger partial charge in [0.05, 0.1) is 14.2 Å². The second-order valence-corrected chi connectivity index (χ2v) is 2.92.